The second-order valence-electron chi connectivity index (χ2n) is 6.02. The molecule has 0 radical (unpaired) electrons. The monoisotopic (exact) mass is 404 g/mol. The van der Waals surface area contributed by atoms with Gasteiger partial charge < -0.3 is 16.0 Å². The summed E-state index contributed by atoms with van der Waals surface area (Å²) >= 11 is 3.34. The molecule has 1 aromatic carbocycles. The molecule has 6 nitrogen and oxygen atoms in total. The Morgan fingerprint density at radius 1 is 1.08 bits per heavy atom. The van der Waals surface area contributed by atoms with Crippen LogP contribution in [0.15, 0.2) is 53.3 Å². The number of carbonyl (C=O) groups excluding carboxylic acids is 2. The Bertz CT molecular complexity index is 705. The Morgan fingerprint density at radius 3 is 2.40 bits per heavy atom. The lowest BCUT2D eigenvalue weighted by molar-refractivity contribution is -0.118. The summed E-state index contributed by atoms with van der Waals surface area (Å²) in [4.78, 5) is 28.7. The van der Waals surface area contributed by atoms with E-state index in [4.69, 9.17) is 0 Å². The zero-order valence-electron chi connectivity index (χ0n) is 14.1. The van der Waals surface area contributed by atoms with Gasteiger partial charge in [0.05, 0.1) is 11.9 Å². The number of amides is 3. The van der Waals surface area contributed by atoms with E-state index in [1.54, 1.807) is 36.7 Å². The molecule has 3 amide bonds. The molecule has 0 spiro atoms. The first-order chi connectivity index (χ1) is 11.9. The molecule has 0 fully saturated rings. The van der Waals surface area contributed by atoms with Crippen molar-refractivity contribution in [1.29, 1.82) is 0 Å². The van der Waals surface area contributed by atoms with Crippen molar-refractivity contribution in [1.82, 2.24) is 10.3 Å². The Morgan fingerprint density at radius 2 is 1.80 bits per heavy atom. The highest BCUT2D eigenvalue weighted by Gasteiger charge is 2.22. The number of nitrogens with zero attached hydrogens (tertiary/aromatic N) is 1. The smallest absolute Gasteiger partial charge is 0.319 e. The van der Waals surface area contributed by atoms with Crippen molar-refractivity contribution < 1.29 is 9.59 Å². The molecule has 1 atom stereocenters. The highest BCUT2D eigenvalue weighted by atomic mass is 79.9. The molecule has 1 aromatic heterocycles. The first-order valence-electron chi connectivity index (χ1n) is 7.98. The van der Waals surface area contributed by atoms with E-state index >= 15 is 0 Å². The standard InChI is InChI=1S/C18H21BrN4O2/c1-12(2)10-16(17(24)21-15-4-3-9-20-11-15)23-18(25)22-14-7-5-13(19)6-8-14/h3-9,11-12,16H,10H2,1-2H3,(H,21,24)(H2,22,23,25)/t16-/m0/s1. The van der Waals surface area contributed by atoms with Crippen LogP contribution in [-0.2, 0) is 4.79 Å². The van der Waals surface area contributed by atoms with E-state index in [1.807, 2.05) is 26.0 Å². The summed E-state index contributed by atoms with van der Waals surface area (Å²) in [5.74, 6) is -0.0229. The van der Waals surface area contributed by atoms with Gasteiger partial charge in [0.15, 0.2) is 0 Å². The van der Waals surface area contributed by atoms with Crippen molar-refractivity contribution >= 4 is 39.2 Å². The minimum Gasteiger partial charge on any atom is -0.326 e. The summed E-state index contributed by atoms with van der Waals surface area (Å²) in [7, 11) is 0. The molecular formula is C18H21BrN4O2. The second kappa shape index (κ2) is 9.17. The molecule has 2 rings (SSSR count). The van der Waals surface area contributed by atoms with Gasteiger partial charge in [0.1, 0.15) is 6.04 Å². The summed E-state index contributed by atoms with van der Waals surface area (Å²) < 4.78 is 0.923. The van der Waals surface area contributed by atoms with E-state index in [9.17, 15) is 9.59 Å². The molecule has 0 bridgehead atoms. The molecule has 132 valence electrons. The third-order valence-electron chi connectivity index (χ3n) is 3.36. The number of anilines is 2. The van der Waals surface area contributed by atoms with Crippen molar-refractivity contribution in [3.8, 4) is 0 Å². The predicted octanol–water partition coefficient (Wildman–Crippen LogP) is 4.02. The molecule has 0 saturated heterocycles. The molecule has 0 aliphatic rings. The molecule has 1 heterocycles. The van der Waals surface area contributed by atoms with Crippen LogP contribution in [0.25, 0.3) is 0 Å². The number of pyridine rings is 1. The SMILES string of the molecule is CC(C)C[C@H](NC(=O)Nc1ccc(Br)cc1)C(=O)Nc1cccnc1. The molecule has 2 aromatic rings. The maximum atomic E-state index is 12.5. The topological polar surface area (TPSA) is 83.1 Å². The van der Waals surface area contributed by atoms with Gasteiger partial charge in [-0.25, -0.2) is 4.79 Å². The van der Waals surface area contributed by atoms with Gasteiger partial charge in [0.2, 0.25) is 5.91 Å². The number of carbonyl (C=O) groups is 2. The van der Waals surface area contributed by atoms with Crippen LogP contribution in [0.3, 0.4) is 0 Å². The van der Waals surface area contributed by atoms with Gasteiger partial charge in [0, 0.05) is 16.4 Å². The minimum absolute atomic E-state index is 0.248. The van der Waals surface area contributed by atoms with Crippen LogP contribution in [0.1, 0.15) is 20.3 Å². The van der Waals surface area contributed by atoms with Gasteiger partial charge in [0.25, 0.3) is 0 Å². The first kappa shape index (κ1) is 18.9. The van der Waals surface area contributed by atoms with Crippen LogP contribution < -0.4 is 16.0 Å². The summed E-state index contributed by atoms with van der Waals surface area (Å²) in [6, 6.07) is 9.63. The van der Waals surface area contributed by atoms with Crippen molar-refractivity contribution in [2.45, 2.75) is 26.3 Å². The fourth-order valence-electron chi connectivity index (χ4n) is 2.23. The highest BCUT2D eigenvalue weighted by Crippen LogP contribution is 2.14. The van der Waals surface area contributed by atoms with Crippen LogP contribution in [-0.4, -0.2) is 23.0 Å². The number of halogens is 1. The van der Waals surface area contributed by atoms with Gasteiger partial charge in [-0.2, -0.15) is 0 Å². The van der Waals surface area contributed by atoms with Gasteiger partial charge in [-0.3, -0.25) is 9.78 Å². The van der Waals surface area contributed by atoms with E-state index in [2.05, 4.69) is 36.9 Å². The Balaban J connectivity index is 1.99. The number of hydrogen-bond donors (Lipinski definition) is 3. The normalized spacial score (nSPS) is 11.7. The van der Waals surface area contributed by atoms with Crippen molar-refractivity contribution in [3.63, 3.8) is 0 Å². The maximum absolute atomic E-state index is 12.5. The molecule has 0 unspecified atom stereocenters. The number of nitrogens with one attached hydrogen (secondary N) is 3. The highest BCUT2D eigenvalue weighted by molar-refractivity contribution is 9.10. The zero-order valence-corrected chi connectivity index (χ0v) is 15.7. The third-order valence-corrected chi connectivity index (χ3v) is 3.89. The number of benzene rings is 1. The van der Waals surface area contributed by atoms with Crippen LogP contribution >= 0.6 is 15.9 Å². The van der Waals surface area contributed by atoms with E-state index in [1.165, 1.54) is 0 Å². The van der Waals surface area contributed by atoms with Gasteiger partial charge in [-0.1, -0.05) is 29.8 Å². The average molecular weight is 405 g/mol. The Hall–Kier alpha value is -2.41. The Labute approximate surface area is 155 Å². The van der Waals surface area contributed by atoms with Crippen molar-refractivity contribution in [2.75, 3.05) is 10.6 Å². The number of aromatic nitrogens is 1. The van der Waals surface area contributed by atoms with E-state index in [-0.39, 0.29) is 11.8 Å². The summed E-state index contributed by atoms with van der Waals surface area (Å²) in [5, 5.41) is 8.24. The van der Waals surface area contributed by atoms with Crippen molar-refractivity contribution in [2.24, 2.45) is 5.92 Å². The molecule has 0 aliphatic carbocycles. The lowest BCUT2D eigenvalue weighted by Crippen LogP contribution is -2.46. The van der Waals surface area contributed by atoms with E-state index in [0.29, 0.717) is 17.8 Å². The zero-order chi connectivity index (χ0) is 18.2. The molecular weight excluding hydrogens is 384 g/mol. The maximum Gasteiger partial charge on any atom is 0.319 e. The third kappa shape index (κ3) is 6.54. The largest absolute Gasteiger partial charge is 0.326 e. The lowest BCUT2D eigenvalue weighted by atomic mass is 10.0. The molecule has 7 heteroatoms. The van der Waals surface area contributed by atoms with Gasteiger partial charge >= 0.3 is 6.03 Å². The fraction of sp³-hybridized carbons (Fsp3) is 0.278. The van der Waals surface area contributed by atoms with Gasteiger partial charge in [-0.05, 0) is 48.7 Å². The second-order valence-corrected chi connectivity index (χ2v) is 6.93. The summed E-state index contributed by atoms with van der Waals surface area (Å²) in [5.41, 5.74) is 1.24. The van der Waals surface area contributed by atoms with Crippen LogP contribution in [0.5, 0.6) is 0 Å². The van der Waals surface area contributed by atoms with E-state index < -0.39 is 12.1 Å². The van der Waals surface area contributed by atoms with Crippen LogP contribution in [0.4, 0.5) is 16.2 Å². The predicted molar refractivity (Wildman–Crippen MR) is 102 cm³/mol. The summed E-state index contributed by atoms with van der Waals surface area (Å²) in [6.07, 6.45) is 3.72. The molecule has 0 saturated carbocycles. The first-order valence-corrected chi connectivity index (χ1v) is 8.77. The molecule has 25 heavy (non-hydrogen) atoms. The molecule has 0 aliphatic heterocycles. The van der Waals surface area contributed by atoms with Gasteiger partial charge in [-0.15, -0.1) is 0 Å². The average Bonchev–Trinajstić information content (AvgIpc) is 2.57. The number of hydrogen-bond acceptors (Lipinski definition) is 3. The van der Waals surface area contributed by atoms with Crippen molar-refractivity contribution in [3.05, 3.63) is 53.3 Å². The number of rotatable bonds is 6. The summed E-state index contributed by atoms with van der Waals surface area (Å²) in [6.45, 7) is 4.00. The van der Waals surface area contributed by atoms with E-state index in [0.717, 1.165) is 4.47 Å². The number of urea groups is 1. The lowest BCUT2D eigenvalue weighted by Gasteiger charge is -2.20. The minimum atomic E-state index is -0.643. The quantitative estimate of drug-likeness (QED) is 0.679. The van der Waals surface area contributed by atoms with Crippen LogP contribution in [0.2, 0.25) is 0 Å². The molecule has 3 N–H and O–H groups in total. The fourth-order valence-corrected chi connectivity index (χ4v) is 2.49. The Kier molecular flexibility index (Phi) is 6.94. The van der Waals surface area contributed by atoms with Crippen LogP contribution in [0, 0.1) is 5.92 Å².